The van der Waals surface area contributed by atoms with Crippen molar-refractivity contribution in [2.24, 2.45) is 0 Å². The van der Waals surface area contributed by atoms with Crippen molar-refractivity contribution in [2.45, 2.75) is 25.0 Å². The third-order valence-electron chi connectivity index (χ3n) is 5.88. The minimum absolute atomic E-state index is 0.0605. The second-order valence-corrected chi connectivity index (χ2v) is 9.72. The van der Waals surface area contributed by atoms with Gasteiger partial charge in [0, 0.05) is 24.4 Å². The lowest BCUT2D eigenvalue weighted by molar-refractivity contribution is -0.384. The van der Waals surface area contributed by atoms with Crippen LogP contribution < -0.4 is 10.2 Å². The molecule has 1 fully saturated rings. The van der Waals surface area contributed by atoms with Gasteiger partial charge in [-0.1, -0.05) is 71.9 Å². The number of aryl methyl sites for hydroxylation is 1. The van der Waals surface area contributed by atoms with E-state index in [0.29, 0.717) is 24.2 Å². The molecule has 3 aromatic rings. The Labute approximate surface area is 218 Å². The predicted octanol–water partition coefficient (Wildman–Crippen LogP) is 4.69. The van der Waals surface area contributed by atoms with Gasteiger partial charge in [-0.15, -0.1) is 0 Å². The van der Waals surface area contributed by atoms with Gasteiger partial charge in [0.1, 0.15) is 16.7 Å². The second-order valence-electron chi connectivity index (χ2n) is 8.53. The normalized spacial score (nSPS) is 16.3. The molecule has 0 spiro atoms. The Morgan fingerprint density at radius 3 is 2.46 bits per heavy atom. The zero-order valence-electron chi connectivity index (χ0n) is 20.1. The molecular weight excluding hydrogens is 488 g/mol. The van der Waals surface area contributed by atoms with Crippen molar-refractivity contribution in [3.05, 3.63) is 116 Å². The van der Waals surface area contributed by atoms with Gasteiger partial charge in [0.2, 0.25) is 5.91 Å². The first-order valence-corrected chi connectivity index (χ1v) is 12.5. The molecule has 8 nitrogen and oxygen atoms in total. The van der Waals surface area contributed by atoms with Crippen molar-refractivity contribution in [3.8, 4) is 6.07 Å². The van der Waals surface area contributed by atoms with Crippen LogP contribution in [0.2, 0.25) is 0 Å². The number of nitro groups is 1. The Bertz CT molecular complexity index is 1400. The average molecular weight is 513 g/mol. The smallest absolute Gasteiger partial charge is 0.269 e. The highest BCUT2D eigenvalue weighted by Crippen LogP contribution is 2.42. The number of amides is 2. The molecule has 1 aliphatic rings. The van der Waals surface area contributed by atoms with Gasteiger partial charge in [0.25, 0.3) is 11.6 Å². The quantitative estimate of drug-likeness (QED) is 0.203. The molecule has 37 heavy (non-hydrogen) atoms. The van der Waals surface area contributed by atoms with E-state index in [9.17, 15) is 25.0 Å². The maximum Gasteiger partial charge on any atom is 0.269 e. The summed E-state index contributed by atoms with van der Waals surface area (Å²) in [6.07, 6.45) is 0.815. The Hall–Kier alpha value is -4.42. The molecule has 4 rings (SSSR count). The third-order valence-corrected chi connectivity index (χ3v) is 7.15. The van der Waals surface area contributed by atoms with Crippen LogP contribution >= 0.6 is 11.8 Å². The van der Waals surface area contributed by atoms with Crippen LogP contribution in [0.4, 0.5) is 11.4 Å². The lowest BCUT2D eigenvalue weighted by Crippen LogP contribution is -2.32. The van der Waals surface area contributed by atoms with E-state index >= 15 is 0 Å². The van der Waals surface area contributed by atoms with Gasteiger partial charge < -0.3 is 5.32 Å². The molecule has 1 aliphatic heterocycles. The molecule has 1 atom stereocenters. The molecule has 0 unspecified atom stereocenters. The SMILES string of the molecule is Cc1ccc(N2C(=O)[C@@H](Cc3cccc([N+](=O)[O-])c3)S/C2=C(/C#N)C(=O)NCCc2ccccc2)cc1. The van der Waals surface area contributed by atoms with Crippen molar-refractivity contribution in [3.63, 3.8) is 0 Å². The number of nitriles is 1. The summed E-state index contributed by atoms with van der Waals surface area (Å²) >= 11 is 1.13. The zero-order chi connectivity index (χ0) is 26.4. The number of nitro benzene ring substituents is 1. The molecule has 186 valence electrons. The largest absolute Gasteiger partial charge is 0.351 e. The van der Waals surface area contributed by atoms with Crippen LogP contribution in [0.25, 0.3) is 0 Å². The van der Waals surface area contributed by atoms with Crippen LogP contribution in [-0.4, -0.2) is 28.5 Å². The molecule has 0 bridgehead atoms. The van der Waals surface area contributed by atoms with Crippen molar-refractivity contribution < 1.29 is 14.5 Å². The minimum atomic E-state index is -0.654. The van der Waals surface area contributed by atoms with E-state index in [-0.39, 0.29) is 28.6 Å². The number of non-ortho nitro benzene ring substituents is 1. The molecule has 1 saturated heterocycles. The van der Waals surface area contributed by atoms with E-state index in [1.54, 1.807) is 24.3 Å². The summed E-state index contributed by atoms with van der Waals surface area (Å²) < 4.78 is 0. The number of thioether (sulfide) groups is 1. The van der Waals surface area contributed by atoms with Gasteiger partial charge in [0.15, 0.2) is 0 Å². The van der Waals surface area contributed by atoms with Crippen LogP contribution in [0, 0.1) is 28.4 Å². The van der Waals surface area contributed by atoms with Crippen LogP contribution in [-0.2, 0) is 22.4 Å². The number of carbonyl (C=O) groups is 2. The highest BCUT2D eigenvalue weighted by molar-refractivity contribution is 8.05. The number of benzene rings is 3. The third kappa shape index (κ3) is 6.05. The van der Waals surface area contributed by atoms with Gasteiger partial charge in [-0.3, -0.25) is 24.6 Å². The number of carbonyl (C=O) groups excluding carboxylic acids is 2. The van der Waals surface area contributed by atoms with Crippen molar-refractivity contribution in [2.75, 3.05) is 11.4 Å². The van der Waals surface area contributed by atoms with Gasteiger partial charge in [-0.2, -0.15) is 5.26 Å². The first-order valence-electron chi connectivity index (χ1n) is 11.6. The fourth-order valence-corrected chi connectivity index (χ4v) is 5.29. The maximum atomic E-state index is 13.6. The molecule has 3 aromatic carbocycles. The van der Waals surface area contributed by atoms with Crippen LogP contribution in [0.1, 0.15) is 16.7 Å². The fourth-order valence-electron chi connectivity index (χ4n) is 3.98. The van der Waals surface area contributed by atoms with E-state index in [1.807, 2.05) is 55.5 Å². The topological polar surface area (TPSA) is 116 Å². The molecule has 0 radical (unpaired) electrons. The minimum Gasteiger partial charge on any atom is -0.351 e. The van der Waals surface area contributed by atoms with E-state index in [2.05, 4.69) is 5.32 Å². The summed E-state index contributed by atoms with van der Waals surface area (Å²) in [5, 5.41) is 23.5. The summed E-state index contributed by atoms with van der Waals surface area (Å²) in [6, 6.07) is 25.0. The number of nitrogens with zero attached hydrogens (tertiary/aromatic N) is 3. The average Bonchev–Trinajstić information content (AvgIpc) is 3.21. The second kappa shape index (κ2) is 11.5. The Morgan fingerprint density at radius 1 is 1.08 bits per heavy atom. The fraction of sp³-hybridized carbons (Fsp3) is 0.179. The van der Waals surface area contributed by atoms with E-state index < -0.39 is 16.1 Å². The van der Waals surface area contributed by atoms with Gasteiger partial charge in [-0.25, -0.2) is 0 Å². The Morgan fingerprint density at radius 2 is 1.78 bits per heavy atom. The van der Waals surface area contributed by atoms with Gasteiger partial charge in [0.05, 0.1) is 10.2 Å². The molecule has 0 aliphatic carbocycles. The molecule has 0 aromatic heterocycles. The number of hydrogen-bond acceptors (Lipinski definition) is 6. The highest BCUT2D eigenvalue weighted by Gasteiger charge is 2.40. The number of hydrogen-bond donors (Lipinski definition) is 1. The lowest BCUT2D eigenvalue weighted by Gasteiger charge is -2.19. The summed E-state index contributed by atoms with van der Waals surface area (Å²) in [5.41, 5.74) is 3.02. The molecule has 1 heterocycles. The van der Waals surface area contributed by atoms with Crippen molar-refractivity contribution in [1.29, 1.82) is 5.26 Å². The summed E-state index contributed by atoms with van der Waals surface area (Å²) in [4.78, 5) is 38.7. The van der Waals surface area contributed by atoms with Gasteiger partial charge in [-0.05, 0) is 43.0 Å². The van der Waals surface area contributed by atoms with Crippen molar-refractivity contribution >= 4 is 35.0 Å². The van der Waals surface area contributed by atoms with Crippen LogP contribution in [0.3, 0.4) is 0 Å². The molecular formula is C28H24N4O4S. The van der Waals surface area contributed by atoms with E-state index in [1.165, 1.54) is 17.0 Å². The molecule has 9 heteroatoms. The van der Waals surface area contributed by atoms with Crippen LogP contribution in [0.15, 0.2) is 89.5 Å². The molecule has 2 amide bonds. The standard InChI is InChI=1S/C28H24N4O4S/c1-19-10-12-22(13-11-19)31-27(34)25(17-21-8-5-9-23(16-21)32(35)36)37-28(31)24(18-29)26(33)30-15-14-20-6-3-2-4-7-20/h2-13,16,25H,14-15,17H2,1H3,(H,30,33)/b28-24-/t25-/m1/s1. The Balaban J connectivity index is 1.62. The van der Waals surface area contributed by atoms with E-state index in [4.69, 9.17) is 0 Å². The highest BCUT2D eigenvalue weighted by atomic mass is 32.2. The molecule has 0 saturated carbocycles. The first kappa shape index (κ1) is 25.7. The lowest BCUT2D eigenvalue weighted by atomic mass is 10.1. The number of rotatable bonds is 8. The van der Waals surface area contributed by atoms with E-state index in [0.717, 1.165) is 22.9 Å². The Kier molecular flexibility index (Phi) is 8.01. The van der Waals surface area contributed by atoms with Crippen molar-refractivity contribution in [1.82, 2.24) is 5.32 Å². The predicted molar refractivity (Wildman–Crippen MR) is 143 cm³/mol. The van der Waals surface area contributed by atoms with Gasteiger partial charge >= 0.3 is 0 Å². The monoisotopic (exact) mass is 512 g/mol. The molecule has 1 N–H and O–H groups in total. The number of anilines is 1. The first-order chi connectivity index (χ1) is 17.9. The summed E-state index contributed by atoms with van der Waals surface area (Å²) in [5.74, 6) is -0.845. The zero-order valence-corrected chi connectivity index (χ0v) is 20.9. The summed E-state index contributed by atoms with van der Waals surface area (Å²) in [7, 11) is 0. The number of nitrogens with one attached hydrogen (secondary N) is 1. The van der Waals surface area contributed by atoms with Crippen LogP contribution in [0.5, 0.6) is 0 Å². The maximum absolute atomic E-state index is 13.6. The summed E-state index contributed by atoms with van der Waals surface area (Å²) in [6.45, 7) is 2.26.